The van der Waals surface area contributed by atoms with Crippen LogP contribution in [0, 0.1) is 0 Å². The van der Waals surface area contributed by atoms with Crippen molar-refractivity contribution in [3.8, 4) is 0 Å². The second kappa shape index (κ2) is 5.24. The summed E-state index contributed by atoms with van der Waals surface area (Å²) >= 11 is 1.38. The van der Waals surface area contributed by atoms with E-state index in [0.717, 1.165) is 29.7 Å². The summed E-state index contributed by atoms with van der Waals surface area (Å²) in [7, 11) is 0. The molecule has 2 aromatic rings. The molecule has 0 unspecified atom stereocenters. The Morgan fingerprint density at radius 1 is 1.25 bits per heavy atom. The minimum absolute atomic E-state index is 0.116. The molecule has 0 amide bonds. The SMILES string of the molecule is CCCC(C)(C)Nc1nc2cc(C(F)(F)F)ccc2s1. The molecule has 2 nitrogen and oxygen atoms in total. The molecule has 0 saturated carbocycles. The minimum atomic E-state index is -4.33. The fourth-order valence-corrected chi connectivity index (χ4v) is 3.16. The van der Waals surface area contributed by atoms with E-state index in [-0.39, 0.29) is 5.54 Å². The van der Waals surface area contributed by atoms with E-state index in [2.05, 4.69) is 31.1 Å². The van der Waals surface area contributed by atoms with Crippen molar-refractivity contribution in [1.29, 1.82) is 0 Å². The van der Waals surface area contributed by atoms with E-state index in [4.69, 9.17) is 0 Å². The average molecular weight is 302 g/mol. The van der Waals surface area contributed by atoms with E-state index in [9.17, 15) is 13.2 Å². The smallest absolute Gasteiger partial charge is 0.357 e. The predicted octanol–water partition coefficient (Wildman–Crippen LogP) is 5.31. The Morgan fingerprint density at radius 2 is 1.95 bits per heavy atom. The number of hydrogen-bond acceptors (Lipinski definition) is 3. The van der Waals surface area contributed by atoms with Crippen LogP contribution in [0.5, 0.6) is 0 Å². The highest BCUT2D eigenvalue weighted by Crippen LogP contribution is 2.34. The molecule has 1 N–H and O–H groups in total. The fourth-order valence-electron chi connectivity index (χ4n) is 2.13. The van der Waals surface area contributed by atoms with E-state index in [1.165, 1.54) is 17.4 Å². The first-order valence-corrected chi connectivity index (χ1v) is 7.29. The molecule has 0 spiro atoms. The fraction of sp³-hybridized carbons (Fsp3) is 0.500. The summed E-state index contributed by atoms with van der Waals surface area (Å²) in [5, 5.41) is 3.96. The molecule has 0 fully saturated rings. The van der Waals surface area contributed by atoms with Crippen LogP contribution in [0.2, 0.25) is 0 Å². The number of aromatic nitrogens is 1. The number of halogens is 3. The van der Waals surface area contributed by atoms with E-state index in [0.29, 0.717) is 10.6 Å². The van der Waals surface area contributed by atoms with Gasteiger partial charge in [-0.1, -0.05) is 24.7 Å². The number of benzene rings is 1. The summed E-state index contributed by atoms with van der Waals surface area (Å²) in [5.74, 6) is 0. The van der Waals surface area contributed by atoms with Gasteiger partial charge in [-0.15, -0.1) is 0 Å². The maximum Gasteiger partial charge on any atom is 0.416 e. The van der Waals surface area contributed by atoms with Gasteiger partial charge in [0.15, 0.2) is 5.13 Å². The van der Waals surface area contributed by atoms with Crippen LogP contribution in [0.15, 0.2) is 18.2 Å². The number of anilines is 1. The van der Waals surface area contributed by atoms with Crippen molar-refractivity contribution in [2.45, 2.75) is 45.3 Å². The van der Waals surface area contributed by atoms with E-state index in [1.807, 2.05) is 0 Å². The van der Waals surface area contributed by atoms with Crippen molar-refractivity contribution in [1.82, 2.24) is 4.98 Å². The lowest BCUT2D eigenvalue weighted by Gasteiger charge is -2.25. The average Bonchev–Trinajstić information content (AvgIpc) is 2.67. The summed E-state index contributed by atoms with van der Waals surface area (Å²) < 4.78 is 38.7. The van der Waals surface area contributed by atoms with E-state index < -0.39 is 11.7 Å². The number of rotatable bonds is 4. The molecule has 0 atom stereocenters. The van der Waals surface area contributed by atoms with Crippen LogP contribution >= 0.6 is 11.3 Å². The molecule has 0 radical (unpaired) electrons. The Bertz CT molecular complexity index is 602. The lowest BCUT2D eigenvalue weighted by atomic mass is 10.00. The number of nitrogens with zero attached hydrogens (tertiary/aromatic N) is 1. The molecule has 0 aliphatic carbocycles. The van der Waals surface area contributed by atoms with Gasteiger partial charge < -0.3 is 5.32 Å². The summed E-state index contributed by atoms with van der Waals surface area (Å²) in [5.41, 5.74) is -0.385. The molecule has 1 aromatic heterocycles. The number of thiazole rings is 1. The van der Waals surface area contributed by atoms with Gasteiger partial charge in [0, 0.05) is 5.54 Å². The molecule has 2 rings (SSSR count). The Kier molecular flexibility index (Phi) is 3.95. The quantitative estimate of drug-likeness (QED) is 0.828. The number of alkyl halides is 3. The van der Waals surface area contributed by atoms with Gasteiger partial charge in [0.25, 0.3) is 0 Å². The zero-order valence-electron chi connectivity index (χ0n) is 11.6. The van der Waals surface area contributed by atoms with Crippen molar-refractivity contribution in [3.63, 3.8) is 0 Å². The molecule has 6 heteroatoms. The molecule has 20 heavy (non-hydrogen) atoms. The lowest BCUT2D eigenvalue weighted by Crippen LogP contribution is -2.30. The van der Waals surface area contributed by atoms with Crippen LogP contribution < -0.4 is 5.32 Å². The zero-order chi connectivity index (χ0) is 15.0. The van der Waals surface area contributed by atoms with Gasteiger partial charge in [-0.05, 0) is 38.5 Å². The van der Waals surface area contributed by atoms with Gasteiger partial charge in [0.05, 0.1) is 15.8 Å². The summed E-state index contributed by atoms with van der Waals surface area (Å²) in [6, 6.07) is 3.68. The first-order chi connectivity index (χ1) is 9.21. The van der Waals surface area contributed by atoms with Gasteiger partial charge in [-0.25, -0.2) is 4.98 Å². The number of fused-ring (bicyclic) bond motifs is 1. The van der Waals surface area contributed by atoms with Crippen molar-refractivity contribution in [3.05, 3.63) is 23.8 Å². The summed E-state index contributed by atoms with van der Waals surface area (Å²) in [6.45, 7) is 6.21. The van der Waals surface area contributed by atoms with Gasteiger partial charge in [0.1, 0.15) is 0 Å². The van der Waals surface area contributed by atoms with Crippen LogP contribution in [0.4, 0.5) is 18.3 Å². The Morgan fingerprint density at radius 3 is 2.55 bits per heavy atom. The molecule has 0 saturated heterocycles. The maximum absolute atomic E-state index is 12.7. The van der Waals surface area contributed by atoms with Crippen LogP contribution in [-0.4, -0.2) is 10.5 Å². The third-order valence-electron chi connectivity index (χ3n) is 3.04. The highest BCUT2D eigenvalue weighted by Gasteiger charge is 2.31. The second-order valence-corrected chi connectivity index (χ2v) is 6.49. The highest BCUT2D eigenvalue weighted by atomic mass is 32.1. The van der Waals surface area contributed by atoms with E-state index in [1.54, 1.807) is 0 Å². The highest BCUT2D eigenvalue weighted by molar-refractivity contribution is 7.22. The summed E-state index contributed by atoms with van der Waals surface area (Å²) in [6.07, 6.45) is -2.33. The number of nitrogens with one attached hydrogen (secondary N) is 1. The standard InChI is InChI=1S/C14H17F3N2S/c1-4-7-13(2,3)19-12-18-10-8-9(14(15,16)17)5-6-11(10)20-12/h5-6,8H,4,7H2,1-3H3,(H,18,19). The predicted molar refractivity (Wildman–Crippen MR) is 77.2 cm³/mol. The van der Waals surface area contributed by atoms with Crippen LogP contribution in [-0.2, 0) is 6.18 Å². The van der Waals surface area contributed by atoms with Gasteiger partial charge in [-0.3, -0.25) is 0 Å². The molecule has 0 bridgehead atoms. The van der Waals surface area contributed by atoms with Gasteiger partial charge in [0.2, 0.25) is 0 Å². The van der Waals surface area contributed by atoms with Gasteiger partial charge in [-0.2, -0.15) is 13.2 Å². The third-order valence-corrected chi connectivity index (χ3v) is 3.99. The molecule has 110 valence electrons. The van der Waals surface area contributed by atoms with Crippen molar-refractivity contribution < 1.29 is 13.2 Å². The number of hydrogen-bond donors (Lipinski definition) is 1. The topological polar surface area (TPSA) is 24.9 Å². The Hall–Kier alpha value is -1.30. The van der Waals surface area contributed by atoms with Crippen molar-refractivity contribution in [2.24, 2.45) is 0 Å². The van der Waals surface area contributed by atoms with E-state index >= 15 is 0 Å². The molecular formula is C14H17F3N2S. The van der Waals surface area contributed by atoms with Crippen LogP contribution in [0.3, 0.4) is 0 Å². The van der Waals surface area contributed by atoms with Gasteiger partial charge >= 0.3 is 6.18 Å². The molecule has 1 heterocycles. The Labute approximate surface area is 120 Å². The van der Waals surface area contributed by atoms with Crippen molar-refractivity contribution in [2.75, 3.05) is 5.32 Å². The molecular weight excluding hydrogens is 285 g/mol. The molecule has 1 aromatic carbocycles. The normalized spacial score (nSPS) is 12.9. The van der Waals surface area contributed by atoms with Crippen LogP contribution in [0.25, 0.3) is 10.2 Å². The second-order valence-electron chi connectivity index (χ2n) is 5.46. The first kappa shape index (κ1) is 15.1. The third kappa shape index (κ3) is 3.42. The zero-order valence-corrected chi connectivity index (χ0v) is 12.5. The molecule has 0 aliphatic heterocycles. The summed E-state index contributed by atoms with van der Waals surface area (Å²) in [4.78, 5) is 4.26. The van der Waals surface area contributed by atoms with Crippen molar-refractivity contribution >= 4 is 26.7 Å². The first-order valence-electron chi connectivity index (χ1n) is 6.47. The largest absolute Gasteiger partial charge is 0.416 e. The lowest BCUT2D eigenvalue weighted by molar-refractivity contribution is -0.137. The molecule has 0 aliphatic rings. The maximum atomic E-state index is 12.7. The van der Waals surface area contributed by atoms with Crippen LogP contribution in [0.1, 0.15) is 39.2 Å². The monoisotopic (exact) mass is 302 g/mol. The minimum Gasteiger partial charge on any atom is -0.357 e. The Balaban J connectivity index is 2.30.